The fourth-order valence-corrected chi connectivity index (χ4v) is 5.43. The van der Waals surface area contributed by atoms with Crippen molar-refractivity contribution in [3.63, 3.8) is 0 Å². The zero-order valence-electron chi connectivity index (χ0n) is 21.4. The first-order valence-corrected chi connectivity index (χ1v) is 13.4. The molecule has 0 N–H and O–H groups in total. The Balaban J connectivity index is 1.22. The Bertz CT molecular complexity index is 909. The number of benzene rings is 1. The highest BCUT2D eigenvalue weighted by Gasteiger charge is 2.29. The first-order valence-electron chi connectivity index (χ1n) is 13.4. The number of hydrogen-bond donors (Lipinski definition) is 0. The van der Waals surface area contributed by atoms with E-state index in [4.69, 9.17) is 9.15 Å². The maximum Gasteiger partial charge on any atom is 0.258 e. The number of nitrogens with zero attached hydrogens (tertiary/aromatic N) is 3. The SMILES string of the molecule is CCCCc1oc2ccccc2c1C(=O)N1CCC(OCCCN2CCC(N(C)C)CC2)CC1. The number of para-hydroxylation sites is 1. The molecular formula is C28H43N3O3. The molecule has 4 rings (SSSR count). The van der Waals surface area contributed by atoms with Crippen molar-refractivity contribution >= 4 is 16.9 Å². The fourth-order valence-electron chi connectivity index (χ4n) is 5.43. The number of carbonyl (C=O) groups excluding carboxylic acids is 1. The third-order valence-corrected chi connectivity index (χ3v) is 7.63. The maximum atomic E-state index is 13.5. The van der Waals surface area contributed by atoms with Gasteiger partial charge in [-0.2, -0.15) is 0 Å². The van der Waals surface area contributed by atoms with Gasteiger partial charge in [0, 0.05) is 44.1 Å². The molecule has 2 aromatic rings. The van der Waals surface area contributed by atoms with Gasteiger partial charge in [-0.25, -0.2) is 0 Å². The Labute approximate surface area is 205 Å². The predicted octanol–water partition coefficient (Wildman–Crippen LogP) is 4.81. The molecule has 0 saturated carbocycles. The number of likely N-dealkylation sites (tertiary alicyclic amines) is 2. The lowest BCUT2D eigenvalue weighted by Gasteiger charge is -2.35. The molecule has 2 aliphatic heterocycles. The lowest BCUT2D eigenvalue weighted by molar-refractivity contribution is 0.00436. The minimum Gasteiger partial charge on any atom is -0.460 e. The summed E-state index contributed by atoms with van der Waals surface area (Å²) in [7, 11) is 4.38. The van der Waals surface area contributed by atoms with Crippen LogP contribution in [0.1, 0.15) is 68.0 Å². The van der Waals surface area contributed by atoms with Crippen molar-refractivity contribution in [3.8, 4) is 0 Å². The summed E-state index contributed by atoms with van der Waals surface area (Å²) in [5.74, 6) is 0.969. The highest BCUT2D eigenvalue weighted by Crippen LogP contribution is 2.29. The first-order chi connectivity index (χ1) is 16.6. The molecule has 2 aliphatic rings. The number of carbonyl (C=O) groups is 1. The second-order valence-electron chi connectivity index (χ2n) is 10.3. The molecule has 0 radical (unpaired) electrons. The van der Waals surface area contributed by atoms with Crippen molar-refractivity contribution in [2.24, 2.45) is 0 Å². The molecule has 2 saturated heterocycles. The Morgan fingerprint density at radius 2 is 1.79 bits per heavy atom. The van der Waals surface area contributed by atoms with Crippen molar-refractivity contribution < 1.29 is 13.9 Å². The van der Waals surface area contributed by atoms with Crippen LogP contribution < -0.4 is 0 Å². The van der Waals surface area contributed by atoms with Gasteiger partial charge in [-0.1, -0.05) is 31.5 Å². The monoisotopic (exact) mass is 469 g/mol. The summed E-state index contributed by atoms with van der Waals surface area (Å²) >= 11 is 0. The van der Waals surface area contributed by atoms with Gasteiger partial charge in [0.1, 0.15) is 11.3 Å². The van der Waals surface area contributed by atoms with E-state index in [0.29, 0.717) is 0 Å². The van der Waals surface area contributed by atoms with Crippen LogP contribution in [0.3, 0.4) is 0 Å². The molecule has 3 heterocycles. The number of furan rings is 1. The van der Waals surface area contributed by atoms with Crippen LogP contribution in [0, 0.1) is 0 Å². The van der Waals surface area contributed by atoms with E-state index in [1.165, 1.54) is 25.9 Å². The van der Waals surface area contributed by atoms with E-state index in [2.05, 4.69) is 30.8 Å². The van der Waals surface area contributed by atoms with Crippen LogP contribution in [0.15, 0.2) is 28.7 Å². The summed E-state index contributed by atoms with van der Waals surface area (Å²) in [6, 6.07) is 8.68. The van der Waals surface area contributed by atoms with Crippen molar-refractivity contribution in [2.75, 3.05) is 53.4 Å². The number of hydrogen-bond acceptors (Lipinski definition) is 5. The van der Waals surface area contributed by atoms with Crippen LogP contribution >= 0.6 is 0 Å². The molecule has 0 spiro atoms. The van der Waals surface area contributed by atoms with E-state index < -0.39 is 0 Å². The van der Waals surface area contributed by atoms with Gasteiger partial charge >= 0.3 is 0 Å². The fraction of sp³-hybridized carbons (Fsp3) is 0.679. The quantitative estimate of drug-likeness (QED) is 0.467. The zero-order valence-corrected chi connectivity index (χ0v) is 21.4. The van der Waals surface area contributed by atoms with Crippen LogP contribution in [0.25, 0.3) is 11.0 Å². The largest absolute Gasteiger partial charge is 0.460 e. The number of amides is 1. The second-order valence-corrected chi connectivity index (χ2v) is 10.3. The van der Waals surface area contributed by atoms with Gasteiger partial charge in [0.15, 0.2) is 0 Å². The molecule has 2 fully saturated rings. The van der Waals surface area contributed by atoms with Crippen molar-refractivity contribution in [1.82, 2.24) is 14.7 Å². The van der Waals surface area contributed by atoms with E-state index in [0.717, 1.165) is 93.1 Å². The summed E-state index contributed by atoms with van der Waals surface area (Å²) in [4.78, 5) is 20.4. The minimum atomic E-state index is 0.121. The number of aryl methyl sites for hydroxylation is 1. The highest BCUT2D eigenvalue weighted by molar-refractivity contribution is 6.07. The topological polar surface area (TPSA) is 49.2 Å². The summed E-state index contributed by atoms with van der Waals surface area (Å²) in [6.07, 6.45) is 8.67. The van der Waals surface area contributed by atoms with Crippen LogP contribution in [0.4, 0.5) is 0 Å². The molecule has 0 unspecified atom stereocenters. The van der Waals surface area contributed by atoms with E-state index in [1.807, 2.05) is 29.2 Å². The van der Waals surface area contributed by atoms with Crippen molar-refractivity contribution in [2.45, 2.75) is 70.4 Å². The third kappa shape index (κ3) is 6.21. The molecule has 0 aliphatic carbocycles. The van der Waals surface area contributed by atoms with Gasteiger partial charge in [-0.05, 0) is 71.8 Å². The standard InChI is InChI=1S/C28H43N3O3/c1-4-5-10-26-27(24-9-6-7-11-25(24)34-26)28(32)31-19-14-23(15-20-31)33-21-8-16-30-17-12-22(13-18-30)29(2)3/h6-7,9,11,22-23H,4-5,8,10,12-21H2,1-3H3. The van der Waals surface area contributed by atoms with Gasteiger partial charge in [0.25, 0.3) is 5.91 Å². The van der Waals surface area contributed by atoms with Gasteiger partial charge in [-0.15, -0.1) is 0 Å². The Morgan fingerprint density at radius 1 is 1.06 bits per heavy atom. The average Bonchev–Trinajstić information content (AvgIpc) is 3.24. The molecule has 1 amide bonds. The number of fused-ring (bicyclic) bond motifs is 1. The third-order valence-electron chi connectivity index (χ3n) is 7.63. The minimum absolute atomic E-state index is 0.121. The second kappa shape index (κ2) is 12.2. The van der Waals surface area contributed by atoms with Crippen molar-refractivity contribution in [1.29, 1.82) is 0 Å². The summed E-state index contributed by atoms with van der Waals surface area (Å²) in [5, 5.41) is 0.951. The van der Waals surface area contributed by atoms with E-state index in [1.54, 1.807) is 0 Å². The molecule has 34 heavy (non-hydrogen) atoms. The molecule has 1 aromatic carbocycles. The predicted molar refractivity (Wildman–Crippen MR) is 137 cm³/mol. The maximum absolute atomic E-state index is 13.5. The Kier molecular flexibility index (Phi) is 9.04. The highest BCUT2D eigenvalue weighted by atomic mass is 16.5. The number of unbranched alkanes of at least 4 members (excludes halogenated alkanes) is 1. The lowest BCUT2D eigenvalue weighted by Crippen LogP contribution is -2.42. The smallest absolute Gasteiger partial charge is 0.258 e. The van der Waals surface area contributed by atoms with Crippen LogP contribution in [-0.2, 0) is 11.2 Å². The number of piperidine rings is 2. The summed E-state index contributed by atoms with van der Waals surface area (Å²) in [5.41, 5.74) is 1.60. The van der Waals surface area contributed by atoms with Gasteiger partial charge in [0.05, 0.1) is 11.7 Å². The molecule has 0 bridgehead atoms. The molecule has 1 aromatic heterocycles. The zero-order chi connectivity index (χ0) is 23.9. The van der Waals surface area contributed by atoms with Crippen molar-refractivity contribution in [3.05, 3.63) is 35.6 Å². The summed E-state index contributed by atoms with van der Waals surface area (Å²) < 4.78 is 12.3. The van der Waals surface area contributed by atoms with E-state index in [-0.39, 0.29) is 12.0 Å². The van der Waals surface area contributed by atoms with Crippen LogP contribution in [0.2, 0.25) is 0 Å². The van der Waals surface area contributed by atoms with E-state index >= 15 is 0 Å². The first kappa shape index (κ1) is 25.2. The Hall–Kier alpha value is -1.89. The van der Waals surface area contributed by atoms with Crippen LogP contribution in [-0.4, -0.2) is 86.2 Å². The van der Waals surface area contributed by atoms with Gasteiger partial charge < -0.3 is 23.9 Å². The molecular weight excluding hydrogens is 426 g/mol. The van der Waals surface area contributed by atoms with E-state index in [9.17, 15) is 4.79 Å². The molecule has 188 valence electrons. The number of ether oxygens (including phenoxy) is 1. The average molecular weight is 470 g/mol. The summed E-state index contributed by atoms with van der Waals surface area (Å²) in [6.45, 7) is 8.04. The molecule has 0 atom stereocenters. The lowest BCUT2D eigenvalue weighted by atomic mass is 10.0. The molecule has 6 heteroatoms. The van der Waals surface area contributed by atoms with Gasteiger partial charge in [0.2, 0.25) is 0 Å². The van der Waals surface area contributed by atoms with Crippen LogP contribution in [0.5, 0.6) is 0 Å². The van der Waals surface area contributed by atoms with Gasteiger partial charge in [-0.3, -0.25) is 4.79 Å². The Morgan fingerprint density at radius 3 is 2.50 bits per heavy atom. The normalized spacial score (nSPS) is 18.9. The number of rotatable bonds is 10. The molecule has 6 nitrogen and oxygen atoms in total.